The number of benzene rings is 3. The van der Waals surface area contributed by atoms with Gasteiger partial charge in [0.1, 0.15) is 19.3 Å². The number of anilines is 1. The highest BCUT2D eigenvalue weighted by molar-refractivity contribution is 7.92. The fraction of sp³-hybridized carbons (Fsp3) is 0.394. The highest BCUT2D eigenvalue weighted by atomic mass is 35.5. The third-order valence-electron chi connectivity index (χ3n) is 7.63. The fourth-order valence-electron chi connectivity index (χ4n) is 5.04. The Hall–Kier alpha value is -3.47. The molecule has 9 nitrogen and oxygen atoms in total. The normalized spacial score (nSPS) is 13.9. The van der Waals surface area contributed by atoms with Crippen molar-refractivity contribution in [2.75, 3.05) is 30.3 Å². The van der Waals surface area contributed by atoms with E-state index < -0.39 is 16.1 Å². The maximum Gasteiger partial charge on any atom is 0.243 e. The number of nitrogens with one attached hydrogen (secondary N) is 1. The Labute approximate surface area is 275 Å². The molecular formula is C33H39Cl2N3O6S. The van der Waals surface area contributed by atoms with Crippen LogP contribution in [0.5, 0.6) is 11.5 Å². The van der Waals surface area contributed by atoms with E-state index in [1.165, 1.54) is 9.21 Å². The molecule has 0 bridgehead atoms. The van der Waals surface area contributed by atoms with Gasteiger partial charge in [-0.2, -0.15) is 0 Å². The molecule has 0 radical (unpaired) electrons. The highest BCUT2D eigenvalue weighted by Crippen LogP contribution is 2.35. The number of nitrogens with zero attached hydrogens (tertiary/aromatic N) is 2. The number of fused-ring (bicyclic) bond motifs is 1. The van der Waals surface area contributed by atoms with Gasteiger partial charge in [-0.15, -0.1) is 0 Å². The molecule has 0 spiro atoms. The first kappa shape index (κ1) is 34.4. The highest BCUT2D eigenvalue weighted by Gasteiger charge is 2.32. The maximum absolute atomic E-state index is 14.1. The van der Waals surface area contributed by atoms with Gasteiger partial charge in [-0.05, 0) is 49.6 Å². The second-order valence-electron chi connectivity index (χ2n) is 11.0. The summed E-state index contributed by atoms with van der Waals surface area (Å²) in [7, 11) is -3.70. The van der Waals surface area contributed by atoms with Crippen molar-refractivity contribution >= 4 is 50.7 Å². The van der Waals surface area contributed by atoms with Gasteiger partial charge < -0.3 is 19.7 Å². The van der Waals surface area contributed by atoms with Crippen molar-refractivity contribution in [3.8, 4) is 11.5 Å². The molecule has 1 N–H and O–H groups in total. The lowest BCUT2D eigenvalue weighted by atomic mass is 10.0. The zero-order valence-electron chi connectivity index (χ0n) is 25.7. The second kappa shape index (κ2) is 15.7. The SMILES string of the molecule is CC[C@@H](C)NC(=O)[C@@H](Cc1ccccc1)N(Cc1c(Cl)cccc1Cl)C(=O)CCCN(c1ccc2c(c1)OCCO2)S(C)(=O)=O. The number of hydrogen-bond donors (Lipinski definition) is 1. The fourth-order valence-corrected chi connectivity index (χ4v) is 6.51. The Balaban J connectivity index is 1.61. The van der Waals surface area contributed by atoms with E-state index >= 15 is 0 Å². The number of hydrogen-bond acceptors (Lipinski definition) is 6. The summed E-state index contributed by atoms with van der Waals surface area (Å²) >= 11 is 13.1. The van der Waals surface area contributed by atoms with Crippen LogP contribution < -0.4 is 19.1 Å². The molecule has 2 amide bonds. The topological polar surface area (TPSA) is 105 Å². The van der Waals surface area contributed by atoms with E-state index in [4.69, 9.17) is 32.7 Å². The van der Waals surface area contributed by atoms with Crippen molar-refractivity contribution in [2.45, 2.75) is 58.2 Å². The molecule has 0 saturated carbocycles. The summed E-state index contributed by atoms with van der Waals surface area (Å²) in [6, 6.07) is 18.5. The number of rotatable bonds is 14. The molecule has 3 aromatic carbocycles. The summed E-state index contributed by atoms with van der Waals surface area (Å²) in [5.74, 6) is 0.380. The van der Waals surface area contributed by atoms with Crippen molar-refractivity contribution in [1.82, 2.24) is 10.2 Å². The molecule has 1 aliphatic rings. The number of ether oxygens (including phenoxy) is 2. The van der Waals surface area contributed by atoms with Crippen molar-refractivity contribution < 1.29 is 27.5 Å². The zero-order valence-corrected chi connectivity index (χ0v) is 28.0. The molecule has 12 heteroatoms. The van der Waals surface area contributed by atoms with Gasteiger partial charge in [-0.3, -0.25) is 13.9 Å². The number of carbonyl (C=O) groups is 2. The van der Waals surface area contributed by atoms with Gasteiger partial charge in [0.2, 0.25) is 21.8 Å². The maximum atomic E-state index is 14.1. The quantitative estimate of drug-likeness (QED) is 0.229. The average Bonchev–Trinajstić information content (AvgIpc) is 3.01. The standard InChI is InChI=1S/C33H39Cl2N3O6S/c1-4-23(2)36-33(40)29(20-24-10-6-5-7-11-24)37(22-26-27(34)12-8-13-28(26)35)32(39)14-9-17-38(45(3,41)42)25-15-16-30-31(21-25)44-19-18-43-30/h5-8,10-13,15-16,21,23,29H,4,9,14,17-20,22H2,1-3H3,(H,36,40)/t23-,29-/m1/s1. The van der Waals surface area contributed by atoms with Gasteiger partial charge in [0, 0.05) is 53.6 Å². The molecule has 45 heavy (non-hydrogen) atoms. The third-order valence-corrected chi connectivity index (χ3v) is 9.53. The summed E-state index contributed by atoms with van der Waals surface area (Å²) in [6.45, 7) is 4.70. The Kier molecular flexibility index (Phi) is 12.0. The van der Waals surface area contributed by atoms with Crippen LogP contribution in [0.3, 0.4) is 0 Å². The summed E-state index contributed by atoms with van der Waals surface area (Å²) in [6.07, 6.45) is 2.27. The monoisotopic (exact) mass is 675 g/mol. The minimum Gasteiger partial charge on any atom is -0.486 e. The molecule has 0 aromatic heterocycles. The lowest BCUT2D eigenvalue weighted by molar-refractivity contribution is -0.141. The predicted molar refractivity (Wildman–Crippen MR) is 178 cm³/mol. The van der Waals surface area contributed by atoms with Gasteiger partial charge in [-0.1, -0.05) is 66.5 Å². The molecule has 0 fully saturated rings. The van der Waals surface area contributed by atoms with E-state index in [1.807, 2.05) is 44.2 Å². The molecule has 0 aliphatic carbocycles. The molecule has 0 unspecified atom stereocenters. The molecule has 0 saturated heterocycles. The molecule has 1 heterocycles. The van der Waals surface area contributed by atoms with E-state index in [9.17, 15) is 18.0 Å². The van der Waals surface area contributed by atoms with Crippen molar-refractivity contribution in [3.63, 3.8) is 0 Å². The van der Waals surface area contributed by atoms with Gasteiger partial charge >= 0.3 is 0 Å². The van der Waals surface area contributed by atoms with E-state index in [-0.39, 0.29) is 50.2 Å². The second-order valence-corrected chi connectivity index (χ2v) is 13.7. The van der Waals surface area contributed by atoms with Gasteiger partial charge in [0.25, 0.3) is 0 Å². The number of carbonyl (C=O) groups excluding carboxylic acids is 2. The third kappa shape index (κ3) is 9.28. The Morgan fingerprint density at radius 3 is 2.27 bits per heavy atom. The molecule has 2 atom stereocenters. The Bertz CT molecular complexity index is 1570. The lowest BCUT2D eigenvalue weighted by Crippen LogP contribution is -2.52. The predicted octanol–water partition coefficient (Wildman–Crippen LogP) is 5.87. The van der Waals surface area contributed by atoms with Crippen LogP contribution in [-0.4, -0.2) is 63.2 Å². The van der Waals surface area contributed by atoms with Crippen LogP contribution in [0.4, 0.5) is 5.69 Å². The minimum atomic E-state index is -3.70. The Morgan fingerprint density at radius 1 is 0.956 bits per heavy atom. The van der Waals surface area contributed by atoms with E-state index in [2.05, 4.69) is 5.32 Å². The largest absolute Gasteiger partial charge is 0.486 e. The summed E-state index contributed by atoms with van der Waals surface area (Å²) < 4.78 is 38.1. The summed E-state index contributed by atoms with van der Waals surface area (Å²) in [4.78, 5) is 29.3. The minimum absolute atomic E-state index is 0.000712. The first-order chi connectivity index (χ1) is 21.5. The van der Waals surface area contributed by atoms with Crippen molar-refractivity contribution in [3.05, 3.63) is 87.9 Å². The van der Waals surface area contributed by atoms with Gasteiger partial charge in [-0.25, -0.2) is 8.42 Å². The number of halogens is 2. The number of sulfonamides is 1. The zero-order chi connectivity index (χ0) is 32.6. The van der Waals surface area contributed by atoms with Crippen LogP contribution in [0.1, 0.15) is 44.2 Å². The van der Waals surface area contributed by atoms with Gasteiger partial charge in [0.05, 0.1) is 11.9 Å². The van der Waals surface area contributed by atoms with E-state index in [0.717, 1.165) is 18.2 Å². The van der Waals surface area contributed by atoms with Crippen LogP contribution >= 0.6 is 23.2 Å². The van der Waals surface area contributed by atoms with Crippen LogP contribution in [0, 0.1) is 0 Å². The lowest BCUT2D eigenvalue weighted by Gasteiger charge is -2.33. The average molecular weight is 677 g/mol. The molecule has 242 valence electrons. The summed E-state index contributed by atoms with van der Waals surface area (Å²) in [5, 5.41) is 3.79. The van der Waals surface area contributed by atoms with Crippen LogP contribution in [0.15, 0.2) is 66.7 Å². The van der Waals surface area contributed by atoms with Crippen LogP contribution in [-0.2, 0) is 32.6 Å². The van der Waals surface area contributed by atoms with E-state index in [1.54, 1.807) is 36.4 Å². The molecular weight excluding hydrogens is 637 g/mol. The molecule has 1 aliphatic heterocycles. The molecule has 3 aromatic rings. The summed E-state index contributed by atoms with van der Waals surface area (Å²) in [5.41, 5.74) is 1.81. The van der Waals surface area contributed by atoms with Crippen molar-refractivity contribution in [2.24, 2.45) is 0 Å². The number of amides is 2. The van der Waals surface area contributed by atoms with Crippen LogP contribution in [0.25, 0.3) is 0 Å². The Morgan fingerprint density at radius 2 is 1.62 bits per heavy atom. The molecule has 4 rings (SSSR count). The van der Waals surface area contributed by atoms with Crippen LogP contribution in [0.2, 0.25) is 10.0 Å². The van der Waals surface area contributed by atoms with Gasteiger partial charge in [0.15, 0.2) is 11.5 Å². The first-order valence-corrected chi connectivity index (χ1v) is 17.5. The smallest absolute Gasteiger partial charge is 0.243 e. The first-order valence-electron chi connectivity index (χ1n) is 14.9. The van der Waals surface area contributed by atoms with Crippen molar-refractivity contribution in [1.29, 1.82) is 0 Å². The van der Waals surface area contributed by atoms with E-state index in [0.29, 0.717) is 46.0 Å².